The third-order valence-corrected chi connectivity index (χ3v) is 4.00. The molecule has 0 aliphatic heterocycles. The number of methoxy groups -OCH3 is 2. The Balaban J connectivity index is 0.00000392. The number of esters is 1. The second kappa shape index (κ2) is 13.0. The number of aliphatic imine (C=N–C) groups is 1. The fraction of sp³-hybridized carbons (Fsp3) is 0.333. The maximum atomic E-state index is 11.5. The number of nitrogens with zero attached hydrogens (tertiary/aromatic N) is 1. The monoisotopic (exact) mass is 497 g/mol. The van der Waals surface area contributed by atoms with Crippen molar-refractivity contribution in [2.24, 2.45) is 4.99 Å². The van der Waals surface area contributed by atoms with Crippen molar-refractivity contribution < 1.29 is 14.3 Å². The molecule has 0 aliphatic rings. The molecule has 0 saturated heterocycles. The number of ether oxygens (including phenoxy) is 2. The smallest absolute Gasteiger partial charge is 0.337 e. The van der Waals surface area contributed by atoms with E-state index in [0.717, 1.165) is 42.3 Å². The van der Waals surface area contributed by atoms with E-state index in [9.17, 15) is 4.79 Å². The molecule has 7 heteroatoms. The van der Waals surface area contributed by atoms with Gasteiger partial charge < -0.3 is 20.1 Å². The van der Waals surface area contributed by atoms with Gasteiger partial charge >= 0.3 is 5.97 Å². The summed E-state index contributed by atoms with van der Waals surface area (Å²) in [5.41, 5.74) is 2.82. The molecule has 2 aromatic rings. The molecule has 28 heavy (non-hydrogen) atoms. The summed E-state index contributed by atoms with van der Waals surface area (Å²) in [6.07, 6.45) is 0.828. The maximum Gasteiger partial charge on any atom is 0.337 e. The number of guanidine groups is 1. The zero-order valence-corrected chi connectivity index (χ0v) is 18.9. The molecule has 0 saturated carbocycles. The van der Waals surface area contributed by atoms with Gasteiger partial charge in [-0.2, -0.15) is 0 Å². The average molecular weight is 497 g/mol. The molecule has 0 bridgehead atoms. The minimum Gasteiger partial charge on any atom is -0.497 e. The normalized spacial score (nSPS) is 10.6. The van der Waals surface area contributed by atoms with Gasteiger partial charge in [-0.3, -0.25) is 0 Å². The van der Waals surface area contributed by atoms with Crippen LogP contribution >= 0.6 is 24.0 Å². The first-order valence-corrected chi connectivity index (χ1v) is 8.98. The molecule has 0 radical (unpaired) electrons. The van der Waals surface area contributed by atoms with Gasteiger partial charge in [0.1, 0.15) is 5.75 Å². The molecule has 152 valence electrons. The van der Waals surface area contributed by atoms with E-state index in [0.29, 0.717) is 12.1 Å². The predicted molar refractivity (Wildman–Crippen MR) is 123 cm³/mol. The second-order valence-corrected chi connectivity index (χ2v) is 5.91. The number of benzene rings is 2. The van der Waals surface area contributed by atoms with Crippen molar-refractivity contribution in [3.63, 3.8) is 0 Å². The van der Waals surface area contributed by atoms with E-state index in [-0.39, 0.29) is 29.9 Å². The van der Waals surface area contributed by atoms with Gasteiger partial charge in [0.25, 0.3) is 0 Å². The summed E-state index contributed by atoms with van der Waals surface area (Å²) in [6.45, 7) is 4.16. The van der Waals surface area contributed by atoms with E-state index < -0.39 is 0 Å². The van der Waals surface area contributed by atoms with E-state index >= 15 is 0 Å². The van der Waals surface area contributed by atoms with Crippen molar-refractivity contribution in [3.05, 3.63) is 65.2 Å². The van der Waals surface area contributed by atoms with Crippen LogP contribution in [0.1, 0.15) is 28.4 Å². The summed E-state index contributed by atoms with van der Waals surface area (Å²) < 4.78 is 9.88. The molecule has 2 aromatic carbocycles. The first-order valence-electron chi connectivity index (χ1n) is 8.98. The molecule has 0 atom stereocenters. The van der Waals surface area contributed by atoms with E-state index in [1.807, 2.05) is 43.3 Å². The van der Waals surface area contributed by atoms with Gasteiger partial charge in [-0.15, -0.1) is 24.0 Å². The Labute approximate surface area is 183 Å². The Kier molecular flexibility index (Phi) is 11.0. The summed E-state index contributed by atoms with van der Waals surface area (Å²) in [5.74, 6) is 1.30. The van der Waals surface area contributed by atoms with Crippen LogP contribution in [0.25, 0.3) is 0 Å². The quantitative estimate of drug-likeness (QED) is 0.253. The van der Waals surface area contributed by atoms with E-state index in [1.165, 1.54) is 7.11 Å². The highest BCUT2D eigenvalue weighted by Crippen LogP contribution is 2.11. The largest absolute Gasteiger partial charge is 0.497 e. The number of halogens is 1. The summed E-state index contributed by atoms with van der Waals surface area (Å²) in [4.78, 5) is 16.1. The lowest BCUT2D eigenvalue weighted by Gasteiger charge is -2.11. The van der Waals surface area contributed by atoms with Crippen LogP contribution in [0.15, 0.2) is 53.5 Å². The Morgan fingerprint density at radius 3 is 2.18 bits per heavy atom. The van der Waals surface area contributed by atoms with Gasteiger partial charge in [0.2, 0.25) is 0 Å². The van der Waals surface area contributed by atoms with Crippen LogP contribution in [-0.2, 0) is 17.7 Å². The number of nitrogens with one attached hydrogen (secondary N) is 2. The van der Waals surface area contributed by atoms with Gasteiger partial charge in [0.15, 0.2) is 5.96 Å². The number of carbonyl (C=O) groups is 1. The number of carbonyl (C=O) groups excluding carboxylic acids is 1. The molecule has 0 aliphatic carbocycles. The zero-order valence-electron chi connectivity index (χ0n) is 16.5. The molecule has 0 heterocycles. The minimum atomic E-state index is -0.320. The third-order valence-electron chi connectivity index (χ3n) is 4.00. The van der Waals surface area contributed by atoms with Crippen LogP contribution in [0.5, 0.6) is 5.75 Å². The van der Waals surface area contributed by atoms with Gasteiger partial charge in [-0.1, -0.05) is 24.3 Å². The Morgan fingerprint density at radius 2 is 1.61 bits per heavy atom. The van der Waals surface area contributed by atoms with Gasteiger partial charge in [0.05, 0.1) is 26.3 Å². The summed E-state index contributed by atoms with van der Waals surface area (Å²) in [5, 5.41) is 6.58. The number of hydrogen-bond acceptors (Lipinski definition) is 4. The third kappa shape index (κ3) is 7.75. The average Bonchev–Trinajstić information content (AvgIpc) is 2.72. The molecule has 0 unspecified atom stereocenters. The van der Waals surface area contributed by atoms with Crippen molar-refractivity contribution in [2.45, 2.75) is 19.9 Å². The Hall–Kier alpha value is -2.29. The van der Waals surface area contributed by atoms with Crippen LogP contribution in [0.4, 0.5) is 0 Å². The van der Waals surface area contributed by atoms with Crippen LogP contribution in [0, 0.1) is 0 Å². The molecule has 2 rings (SSSR count). The fourth-order valence-corrected chi connectivity index (χ4v) is 2.49. The lowest BCUT2D eigenvalue weighted by Crippen LogP contribution is -2.38. The SMILES string of the molecule is CCNC(=NCc1ccc(OC)cc1)NCCc1ccc(C(=O)OC)cc1.I. The lowest BCUT2D eigenvalue weighted by molar-refractivity contribution is 0.0600. The maximum absolute atomic E-state index is 11.5. The van der Waals surface area contributed by atoms with E-state index in [1.54, 1.807) is 19.2 Å². The summed E-state index contributed by atoms with van der Waals surface area (Å²) in [7, 11) is 3.04. The van der Waals surface area contributed by atoms with E-state index in [2.05, 4.69) is 15.6 Å². The van der Waals surface area contributed by atoms with Crippen LogP contribution in [-0.4, -0.2) is 39.2 Å². The standard InChI is InChI=1S/C21H27N3O3.HI/c1-4-22-21(24-15-17-7-11-19(26-2)12-8-17)23-14-13-16-5-9-18(10-6-16)20(25)27-3;/h5-12H,4,13-15H2,1-3H3,(H2,22,23,24);1H. The first kappa shape index (κ1) is 23.7. The number of rotatable bonds is 8. The van der Waals surface area contributed by atoms with Crippen molar-refractivity contribution in [3.8, 4) is 5.75 Å². The highest BCUT2D eigenvalue weighted by molar-refractivity contribution is 14.0. The highest BCUT2D eigenvalue weighted by Gasteiger charge is 2.04. The summed E-state index contributed by atoms with van der Waals surface area (Å²) >= 11 is 0. The van der Waals surface area contributed by atoms with Gasteiger partial charge in [-0.25, -0.2) is 9.79 Å². The molecular weight excluding hydrogens is 469 g/mol. The molecular formula is C21H28IN3O3. The second-order valence-electron chi connectivity index (χ2n) is 5.91. The molecule has 0 fully saturated rings. The van der Waals surface area contributed by atoms with Crippen LogP contribution in [0.2, 0.25) is 0 Å². The van der Waals surface area contributed by atoms with Crippen molar-refractivity contribution in [1.29, 1.82) is 0 Å². The topological polar surface area (TPSA) is 72.0 Å². The molecule has 6 nitrogen and oxygen atoms in total. The van der Waals surface area contributed by atoms with Gasteiger partial charge in [0, 0.05) is 13.1 Å². The molecule has 0 amide bonds. The Bertz CT molecular complexity index is 746. The fourth-order valence-electron chi connectivity index (χ4n) is 2.49. The predicted octanol–water partition coefficient (Wildman–Crippen LogP) is 3.40. The number of hydrogen-bond donors (Lipinski definition) is 2. The minimum absolute atomic E-state index is 0. The molecule has 2 N–H and O–H groups in total. The van der Waals surface area contributed by atoms with Crippen molar-refractivity contribution >= 4 is 35.9 Å². The first-order chi connectivity index (χ1) is 13.2. The molecule has 0 aromatic heterocycles. The van der Waals surface area contributed by atoms with E-state index in [4.69, 9.17) is 9.47 Å². The van der Waals surface area contributed by atoms with Crippen molar-refractivity contribution in [2.75, 3.05) is 27.3 Å². The molecule has 0 spiro atoms. The Morgan fingerprint density at radius 1 is 0.964 bits per heavy atom. The van der Waals surface area contributed by atoms with Gasteiger partial charge in [-0.05, 0) is 48.7 Å². The van der Waals surface area contributed by atoms with Crippen LogP contribution in [0.3, 0.4) is 0 Å². The lowest BCUT2D eigenvalue weighted by atomic mass is 10.1. The van der Waals surface area contributed by atoms with Crippen molar-refractivity contribution in [1.82, 2.24) is 10.6 Å². The summed E-state index contributed by atoms with van der Waals surface area (Å²) in [6, 6.07) is 15.3. The zero-order chi connectivity index (χ0) is 19.5. The van der Waals surface area contributed by atoms with Crippen LogP contribution < -0.4 is 15.4 Å². The highest BCUT2D eigenvalue weighted by atomic mass is 127.